The highest BCUT2D eigenvalue weighted by Crippen LogP contribution is 2.12. The van der Waals surface area contributed by atoms with E-state index in [-0.39, 0.29) is 0 Å². The number of aliphatic hydroxyl groups excluding tert-OH is 1. The van der Waals surface area contributed by atoms with Gasteiger partial charge >= 0.3 is 0 Å². The first-order valence-electron chi connectivity index (χ1n) is 4.47. The van der Waals surface area contributed by atoms with E-state index in [2.05, 4.69) is 0 Å². The third kappa shape index (κ3) is 4.02. The van der Waals surface area contributed by atoms with E-state index in [1.807, 2.05) is 0 Å². The van der Waals surface area contributed by atoms with Crippen molar-refractivity contribution >= 4 is 0 Å². The van der Waals surface area contributed by atoms with Crippen LogP contribution in [-0.2, 0) is 14.2 Å². The molecular weight excluding hydrogens is 174 g/mol. The molecule has 5 heteroatoms. The molecule has 5 nitrogen and oxygen atoms in total. The maximum atomic E-state index is 9.43. The van der Waals surface area contributed by atoms with Crippen LogP contribution in [-0.4, -0.2) is 37.1 Å². The lowest BCUT2D eigenvalue weighted by Gasteiger charge is -2.32. The zero-order valence-corrected chi connectivity index (χ0v) is 8.45. The van der Waals surface area contributed by atoms with E-state index in [1.165, 1.54) is 0 Å². The Hall–Kier alpha value is -0.200. The summed E-state index contributed by atoms with van der Waals surface area (Å²) in [4.78, 5) is 0. The molecule has 0 aliphatic heterocycles. The van der Waals surface area contributed by atoms with E-state index >= 15 is 0 Å². The fourth-order valence-electron chi connectivity index (χ4n) is 0.909. The average molecular weight is 193 g/mol. The second kappa shape index (κ2) is 6.28. The van der Waals surface area contributed by atoms with Gasteiger partial charge in [-0.15, -0.1) is 0 Å². The van der Waals surface area contributed by atoms with Gasteiger partial charge in [-0.1, -0.05) is 0 Å². The van der Waals surface area contributed by atoms with Crippen molar-refractivity contribution in [1.82, 2.24) is 0 Å². The zero-order valence-electron chi connectivity index (χ0n) is 8.45. The van der Waals surface area contributed by atoms with Crippen LogP contribution < -0.4 is 5.73 Å². The van der Waals surface area contributed by atoms with Crippen LogP contribution in [0.1, 0.15) is 20.8 Å². The number of ether oxygens (including phenoxy) is 3. The molecule has 13 heavy (non-hydrogen) atoms. The molecule has 0 bridgehead atoms. The van der Waals surface area contributed by atoms with E-state index in [1.54, 1.807) is 20.8 Å². The van der Waals surface area contributed by atoms with Crippen LogP contribution in [0.25, 0.3) is 0 Å². The van der Waals surface area contributed by atoms with Crippen LogP contribution >= 0.6 is 0 Å². The normalized spacial score (nSPS) is 14.5. The first kappa shape index (κ1) is 12.8. The third-order valence-electron chi connectivity index (χ3n) is 1.41. The van der Waals surface area contributed by atoms with Gasteiger partial charge in [0, 0.05) is 19.8 Å². The first-order valence-corrected chi connectivity index (χ1v) is 4.47. The molecule has 0 saturated heterocycles. The van der Waals surface area contributed by atoms with Crippen molar-refractivity contribution in [2.24, 2.45) is 5.73 Å². The molecule has 0 saturated carbocycles. The van der Waals surface area contributed by atoms with Gasteiger partial charge in [0.2, 0.25) is 6.29 Å². The second-order valence-electron chi connectivity index (χ2n) is 2.40. The Morgan fingerprint density at radius 1 is 1.15 bits per heavy atom. The molecule has 0 heterocycles. The summed E-state index contributed by atoms with van der Waals surface area (Å²) in [6.45, 7) is 6.32. The van der Waals surface area contributed by atoms with Crippen LogP contribution in [0.2, 0.25) is 0 Å². The van der Waals surface area contributed by atoms with Crippen molar-refractivity contribution in [3.63, 3.8) is 0 Å². The molecule has 0 amide bonds. The summed E-state index contributed by atoms with van der Waals surface area (Å²) in [5.41, 5.74) is 5.63. The molecule has 0 fully saturated rings. The number of hydrogen-bond donors (Lipinski definition) is 2. The zero-order chi connectivity index (χ0) is 10.3. The Bertz CT molecular complexity index is 125. The van der Waals surface area contributed by atoms with Crippen molar-refractivity contribution < 1.29 is 19.3 Å². The Kier molecular flexibility index (Phi) is 6.19. The summed E-state index contributed by atoms with van der Waals surface area (Å²) in [6.07, 6.45) is -1.27. The van der Waals surface area contributed by atoms with E-state index < -0.39 is 12.2 Å². The Labute approximate surface area is 78.8 Å². The van der Waals surface area contributed by atoms with Gasteiger partial charge in [-0.25, -0.2) is 0 Å². The molecule has 0 spiro atoms. The molecule has 0 aliphatic rings. The summed E-state index contributed by atoms with van der Waals surface area (Å²) in [5, 5.41) is 9.43. The minimum absolute atomic E-state index is 0.347. The lowest BCUT2D eigenvalue weighted by molar-refractivity contribution is -0.336. The number of nitrogens with two attached hydrogens (primary N) is 1. The van der Waals surface area contributed by atoms with Gasteiger partial charge in [-0.3, -0.25) is 5.73 Å². The van der Waals surface area contributed by atoms with Crippen LogP contribution in [0.5, 0.6) is 0 Å². The first-order chi connectivity index (χ1) is 6.10. The van der Waals surface area contributed by atoms with Crippen LogP contribution in [0.3, 0.4) is 0 Å². The highest BCUT2D eigenvalue weighted by atomic mass is 16.8. The van der Waals surface area contributed by atoms with Crippen molar-refractivity contribution in [3.8, 4) is 0 Å². The minimum atomic E-state index is -1.56. The van der Waals surface area contributed by atoms with Crippen molar-refractivity contribution in [3.05, 3.63) is 0 Å². The van der Waals surface area contributed by atoms with Gasteiger partial charge < -0.3 is 19.3 Å². The fourth-order valence-corrected chi connectivity index (χ4v) is 0.909. The van der Waals surface area contributed by atoms with E-state index in [0.29, 0.717) is 19.8 Å². The van der Waals surface area contributed by atoms with Gasteiger partial charge in [0.25, 0.3) is 5.91 Å². The van der Waals surface area contributed by atoms with Gasteiger partial charge in [-0.2, -0.15) is 0 Å². The highest BCUT2D eigenvalue weighted by Gasteiger charge is 2.36. The monoisotopic (exact) mass is 193 g/mol. The maximum Gasteiger partial charge on any atom is 0.278 e. The number of rotatable bonds is 7. The van der Waals surface area contributed by atoms with E-state index in [9.17, 15) is 5.11 Å². The topological polar surface area (TPSA) is 73.9 Å². The van der Waals surface area contributed by atoms with Crippen molar-refractivity contribution in [1.29, 1.82) is 0 Å². The molecule has 0 aromatic rings. The van der Waals surface area contributed by atoms with Crippen LogP contribution in [0.15, 0.2) is 0 Å². The van der Waals surface area contributed by atoms with E-state index in [0.717, 1.165) is 0 Å². The fraction of sp³-hybridized carbons (Fsp3) is 1.00. The smallest absolute Gasteiger partial charge is 0.278 e. The third-order valence-corrected chi connectivity index (χ3v) is 1.41. The van der Waals surface area contributed by atoms with Crippen LogP contribution in [0.4, 0.5) is 0 Å². The molecule has 0 aromatic heterocycles. The summed E-state index contributed by atoms with van der Waals surface area (Å²) in [6, 6.07) is 0. The van der Waals surface area contributed by atoms with Gasteiger partial charge in [0.05, 0.1) is 0 Å². The minimum Gasteiger partial charge on any atom is -0.363 e. The Balaban J connectivity index is 4.18. The van der Waals surface area contributed by atoms with Crippen molar-refractivity contribution in [2.45, 2.75) is 33.0 Å². The summed E-state index contributed by atoms with van der Waals surface area (Å²) < 4.78 is 15.0. The predicted molar refractivity (Wildman–Crippen MR) is 47.8 cm³/mol. The predicted octanol–water partition coefficient (Wildman–Crippen LogP) is 0.0268. The maximum absolute atomic E-state index is 9.43. The Morgan fingerprint density at radius 3 is 1.92 bits per heavy atom. The standard InChI is InChI=1S/C8H19NO4/c1-4-11-7(10)8(9,12-5-2)13-6-3/h7,10H,4-6,9H2,1-3H3. The molecule has 0 rings (SSSR count). The summed E-state index contributed by atoms with van der Waals surface area (Å²) in [5.74, 6) is -1.56. The van der Waals surface area contributed by atoms with Gasteiger partial charge in [0.15, 0.2) is 0 Å². The van der Waals surface area contributed by atoms with E-state index in [4.69, 9.17) is 19.9 Å². The molecule has 3 N–H and O–H groups in total. The van der Waals surface area contributed by atoms with Gasteiger partial charge in [0.1, 0.15) is 0 Å². The van der Waals surface area contributed by atoms with Crippen molar-refractivity contribution in [2.75, 3.05) is 19.8 Å². The number of hydrogen-bond acceptors (Lipinski definition) is 5. The molecular formula is C8H19NO4. The summed E-state index contributed by atoms with van der Waals surface area (Å²) >= 11 is 0. The second-order valence-corrected chi connectivity index (χ2v) is 2.40. The quantitative estimate of drug-likeness (QED) is 0.558. The lowest BCUT2D eigenvalue weighted by Crippen LogP contribution is -2.56. The lowest BCUT2D eigenvalue weighted by atomic mass is 10.4. The summed E-state index contributed by atoms with van der Waals surface area (Å²) in [7, 11) is 0. The molecule has 80 valence electrons. The van der Waals surface area contributed by atoms with Crippen LogP contribution in [0, 0.1) is 0 Å². The molecule has 0 aliphatic carbocycles. The molecule has 1 atom stereocenters. The molecule has 1 unspecified atom stereocenters. The highest BCUT2D eigenvalue weighted by molar-refractivity contribution is 4.64. The molecule has 0 radical (unpaired) electrons. The SMILES string of the molecule is CCOC(O)C(N)(OCC)OCC. The number of aliphatic hydroxyl groups is 1. The average Bonchev–Trinajstić information content (AvgIpc) is 2.05. The Morgan fingerprint density at radius 2 is 1.62 bits per heavy atom. The largest absolute Gasteiger partial charge is 0.363 e. The molecule has 0 aromatic carbocycles. The van der Waals surface area contributed by atoms with Gasteiger partial charge in [-0.05, 0) is 20.8 Å².